The molecule has 1 aromatic carbocycles. The monoisotopic (exact) mass is 310 g/mol. The lowest BCUT2D eigenvalue weighted by molar-refractivity contribution is -0.172. The van der Waals surface area contributed by atoms with Gasteiger partial charge in [-0.2, -0.15) is 0 Å². The summed E-state index contributed by atoms with van der Waals surface area (Å²) in [5.41, 5.74) is 0.116. The summed E-state index contributed by atoms with van der Waals surface area (Å²) in [6.45, 7) is 5.49. The van der Waals surface area contributed by atoms with Crippen LogP contribution in [0.5, 0.6) is 5.75 Å². The number of esters is 3. The number of carbonyl (C=O) groups is 3. The lowest BCUT2D eigenvalue weighted by atomic mass is 10.3. The molecule has 22 heavy (non-hydrogen) atoms. The minimum atomic E-state index is -1.25. The van der Waals surface area contributed by atoms with Crippen molar-refractivity contribution < 1.29 is 33.0 Å². The molecule has 1 atom stereocenters. The van der Waals surface area contributed by atoms with Crippen molar-refractivity contribution in [1.29, 1.82) is 0 Å². The molecule has 7 heteroatoms. The number of carbonyl (C=O) groups excluding carboxylic acids is 3. The van der Waals surface area contributed by atoms with Crippen molar-refractivity contribution in [3.8, 4) is 5.75 Å². The Hall–Kier alpha value is -2.70. The summed E-state index contributed by atoms with van der Waals surface area (Å²) in [4.78, 5) is 34.1. The fraction of sp³-hybridized carbons (Fsp3) is 0.267. The van der Waals surface area contributed by atoms with Crippen molar-refractivity contribution >= 4 is 17.9 Å². The maximum absolute atomic E-state index is 12.7. The van der Waals surface area contributed by atoms with E-state index in [9.17, 15) is 18.8 Å². The molecule has 0 N–H and O–H groups in total. The second-order valence-electron chi connectivity index (χ2n) is 4.36. The van der Waals surface area contributed by atoms with Crippen LogP contribution in [0, 0.1) is 5.82 Å². The van der Waals surface area contributed by atoms with Crippen molar-refractivity contribution in [3.05, 3.63) is 42.2 Å². The van der Waals surface area contributed by atoms with E-state index in [0.29, 0.717) is 0 Å². The van der Waals surface area contributed by atoms with Crippen molar-refractivity contribution in [2.24, 2.45) is 0 Å². The molecule has 1 rings (SSSR count). The molecule has 0 bridgehead atoms. The van der Waals surface area contributed by atoms with Crippen LogP contribution in [0.15, 0.2) is 36.4 Å². The summed E-state index contributed by atoms with van der Waals surface area (Å²) in [5, 5.41) is 0. The maximum Gasteiger partial charge on any atom is 0.354 e. The topological polar surface area (TPSA) is 78.9 Å². The van der Waals surface area contributed by atoms with Crippen molar-refractivity contribution in [1.82, 2.24) is 0 Å². The Morgan fingerprint density at radius 1 is 1.23 bits per heavy atom. The van der Waals surface area contributed by atoms with Gasteiger partial charge in [0.1, 0.15) is 11.6 Å². The smallest absolute Gasteiger partial charge is 0.354 e. The van der Waals surface area contributed by atoms with Gasteiger partial charge in [-0.1, -0.05) is 6.58 Å². The zero-order valence-electron chi connectivity index (χ0n) is 12.1. The summed E-state index contributed by atoms with van der Waals surface area (Å²) in [6.07, 6.45) is -1.25. The molecular formula is C15H15FO6. The van der Waals surface area contributed by atoms with Gasteiger partial charge in [-0.05, 0) is 38.1 Å². The Bertz CT molecular complexity index is 578. The standard InChI is InChI=1S/C15H15FO6/c1-9(2)14(18)21-10(3)15(19)22-13(17)8-20-12-6-4-11(16)5-7-12/h4-7,10H,1,8H2,2-3H3. The fourth-order valence-electron chi connectivity index (χ4n) is 1.21. The van der Waals surface area contributed by atoms with Crippen LogP contribution in [0.2, 0.25) is 0 Å². The van der Waals surface area contributed by atoms with Gasteiger partial charge < -0.3 is 14.2 Å². The zero-order valence-corrected chi connectivity index (χ0v) is 12.1. The van der Waals surface area contributed by atoms with Gasteiger partial charge >= 0.3 is 17.9 Å². The molecule has 0 aliphatic carbocycles. The van der Waals surface area contributed by atoms with Crippen LogP contribution in [-0.4, -0.2) is 30.6 Å². The van der Waals surface area contributed by atoms with Crippen LogP contribution in [0.3, 0.4) is 0 Å². The number of hydrogen-bond acceptors (Lipinski definition) is 6. The summed E-state index contributed by atoms with van der Waals surface area (Å²) < 4.78 is 26.8. The minimum absolute atomic E-state index is 0.116. The average Bonchev–Trinajstić information content (AvgIpc) is 2.46. The van der Waals surface area contributed by atoms with E-state index >= 15 is 0 Å². The second kappa shape index (κ2) is 7.92. The normalized spacial score (nSPS) is 11.2. The highest BCUT2D eigenvalue weighted by atomic mass is 19.1. The third-order valence-corrected chi connectivity index (χ3v) is 2.35. The number of rotatable bonds is 6. The highest BCUT2D eigenvalue weighted by Crippen LogP contribution is 2.11. The average molecular weight is 310 g/mol. The quantitative estimate of drug-likeness (QED) is 0.453. The molecule has 0 spiro atoms. The van der Waals surface area contributed by atoms with E-state index in [2.05, 4.69) is 11.3 Å². The Morgan fingerprint density at radius 2 is 1.82 bits per heavy atom. The number of ether oxygens (including phenoxy) is 3. The number of benzene rings is 1. The number of hydrogen-bond donors (Lipinski definition) is 0. The second-order valence-corrected chi connectivity index (χ2v) is 4.36. The Balaban J connectivity index is 2.40. The van der Waals surface area contributed by atoms with Crippen LogP contribution in [0.25, 0.3) is 0 Å². The molecule has 0 saturated carbocycles. The van der Waals surface area contributed by atoms with E-state index in [1.54, 1.807) is 0 Å². The van der Waals surface area contributed by atoms with Crippen LogP contribution in [0.4, 0.5) is 4.39 Å². The highest BCUT2D eigenvalue weighted by molar-refractivity contribution is 5.92. The highest BCUT2D eigenvalue weighted by Gasteiger charge is 2.22. The molecule has 1 aromatic rings. The molecule has 0 aliphatic rings. The van der Waals surface area contributed by atoms with E-state index in [1.807, 2.05) is 0 Å². The predicted molar refractivity (Wildman–Crippen MR) is 73.4 cm³/mol. The molecule has 0 amide bonds. The first kappa shape index (κ1) is 17.4. The zero-order chi connectivity index (χ0) is 16.7. The third-order valence-electron chi connectivity index (χ3n) is 2.35. The van der Waals surface area contributed by atoms with Crippen LogP contribution in [0.1, 0.15) is 13.8 Å². The van der Waals surface area contributed by atoms with E-state index in [-0.39, 0.29) is 11.3 Å². The van der Waals surface area contributed by atoms with Gasteiger partial charge in [0.2, 0.25) is 0 Å². The molecule has 0 heterocycles. The number of halogens is 1. The first-order valence-electron chi connectivity index (χ1n) is 6.29. The molecule has 0 saturated heterocycles. The van der Waals surface area contributed by atoms with E-state index in [1.165, 1.54) is 26.0 Å². The third kappa shape index (κ3) is 5.74. The molecule has 118 valence electrons. The molecular weight excluding hydrogens is 295 g/mol. The largest absolute Gasteiger partial charge is 0.482 e. The van der Waals surface area contributed by atoms with E-state index < -0.39 is 36.4 Å². The summed E-state index contributed by atoms with van der Waals surface area (Å²) in [6, 6.07) is 4.96. The summed E-state index contributed by atoms with van der Waals surface area (Å²) in [5.74, 6) is -2.96. The van der Waals surface area contributed by atoms with Gasteiger partial charge in [0.15, 0.2) is 12.7 Å². The summed E-state index contributed by atoms with van der Waals surface area (Å²) in [7, 11) is 0. The van der Waals surface area contributed by atoms with Gasteiger partial charge in [-0.15, -0.1) is 0 Å². The van der Waals surface area contributed by atoms with Gasteiger partial charge in [-0.3, -0.25) is 0 Å². The molecule has 1 unspecified atom stereocenters. The fourth-order valence-corrected chi connectivity index (χ4v) is 1.21. The van der Waals surface area contributed by atoms with Crippen LogP contribution < -0.4 is 4.74 Å². The maximum atomic E-state index is 12.7. The molecule has 0 radical (unpaired) electrons. The summed E-state index contributed by atoms with van der Waals surface area (Å²) >= 11 is 0. The molecule has 0 fully saturated rings. The Morgan fingerprint density at radius 3 is 2.36 bits per heavy atom. The molecule has 6 nitrogen and oxygen atoms in total. The molecule has 0 aromatic heterocycles. The van der Waals surface area contributed by atoms with Crippen LogP contribution in [-0.2, 0) is 23.9 Å². The lowest BCUT2D eigenvalue weighted by Gasteiger charge is -2.12. The van der Waals surface area contributed by atoms with Crippen molar-refractivity contribution in [3.63, 3.8) is 0 Å². The Labute approximate surface area is 126 Å². The van der Waals surface area contributed by atoms with Gasteiger partial charge in [-0.25, -0.2) is 18.8 Å². The Kier molecular flexibility index (Phi) is 6.25. The lowest BCUT2D eigenvalue weighted by Crippen LogP contribution is -2.30. The van der Waals surface area contributed by atoms with Crippen molar-refractivity contribution in [2.45, 2.75) is 20.0 Å². The SMILES string of the molecule is C=C(C)C(=O)OC(C)C(=O)OC(=O)COc1ccc(F)cc1. The van der Waals surface area contributed by atoms with Gasteiger partial charge in [0, 0.05) is 5.57 Å². The van der Waals surface area contributed by atoms with Gasteiger partial charge in [0.25, 0.3) is 0 Å². The van der Waals surface area contributed by atoms with Crippen molar-refractivity contribution in [2.75, 3.05) is 6.61 Å². The van der Waals surface area contributed by atoms with Gasteiger partial charge in [0.05, 0.1) is 0 Å². The first-order valence-corrected chi connectivity index (χ1v) is 6.29. The molecule has 0 aliphatic heterocycles. The minimum Gasteiger partial charge on any atom is -0.482 e. The van der Waals surface area contributed by atoms with Crippen LogP contribution >= 0.6 is 0 Å². The van der Waals surface area contributed by atoms with E-state index in [4.69, 9.17) is 9.47 Å². The predicted octanol–water partition coefficient (Wildman–Crippen LogP) is 1.78. The first-order chi connectivity index (χ1) is 10.3. The van der Waals surface area contributed by atoms with E-state index in [0.717, 1.165) is 12.1 Å².